The fourth-order valence-corrected chi connectivity index (χ4v) is 3.19. The van der Waals surface area contributed by atoms with E-state index in [2.05, 4.69) is 17.1 Å². The molecule has 0 aliphatic carbocycles. The SMILES string of the molecule is CCN1C[C@@H]2C[C@@H](C(=O)NCc3ccccc3)[C@H](C1)O2. The van der Waals surface area contributed by atoms with Gasteiger partial charge >= 0.3 is 0 Å². The molecular weight excluding hydrogens is 252 g/mol. The van der Waals surface area contributed by atoms with Crippen LogP contribution in [0.4, 0.5) is 0 Å². The van der Waals surface area contributed by atoms with Crippen LogP contribution < -0.4 is 5.32 Å². The number of rotatable bonds is 4. The first-order valence-corrected chi connectivity index (χ1v) is 7.45. The van der Waals surface area contributed by atoms with E-state index in [1.807, 2.05) is 30.3 Å². The minimum Gasteiger partial charge on any atom is -0.371 e. The third-order valence-electron chi connectivity index (χ3n) is 4.33. The van der Waals surface area contributed by atoms with Crippen molar-refractivity contribution in [2.45, 2.75) is 32.1 Å². The Morgan fingerprint density at radius 3 is 2.90 bits per heavy atom. The second-order valence-electron chi connectivity index (χ2n) is 5.69. The molecule has 2 fully saturated rings. The minimum absolute atomic E-state index is 0.0141. The summed E-state index contributed by atoms with van der Waals surface area (Å²) in [6.07, 6.45) is 1.17. The van der Waals surface area contributed by atoms with Crippen LogP contribution in [0.5, 0.6) is 0 Å². The van der Waals surface area contributed by atoms with Gasteiger partial charge in [0.2, 0.25) is 5.91 Å². The number of likely N-dealkylation sites (N-methyl/N-ethyl adjacent to an activating group) is 1. The van der Waals surface area contributed by atoms with Crippen LogP contribution in [-0.2, 0) is 16.1 Å². The minimum atomic E-state index is 0.0141. The topological polar surface area (TPSA) is 41.6 Å². The van der Waals surface area contributed by atoms with E-state index in [0.717, 1.165) is 31.6 Å². The lowest BCUT2D eigenvalue weighted by atomic mass is 9.99. The predicted molar refractivity (Wildman–Crippen MR) is 77.2 cm³/mol. The molecule has 4 heteroatoms. The summed E-state index contributed by atoms with van der Waals surface area (Å²) in [6, 6.07) is 10.0. The highest BCUT2D eigenvalue weighted by Crippen LogP contribution is 2.31. The van der Waals surface area contributed by atoms with Gasteiger partial charge in [-0.15, -0.1) is 0 Å². The maximum absolute atomic E-state index is 12.3. The molecule has 1 aromatic rings. The summed E-state index contributed by atoms with van der Waals surface area (Å²) >= 11 is 0. The summed E-state index contributed by atoms with van der Waals surface area (Å²) in [5.41, 5.74) is 1.14. The van der Waals surface area contributed by atoms with Crippen molar-refractivity contribution in [2.24, 2.45) is 5.92 Å². The van der Waals surface area contributed by atoms with Crippen LogP contribution in [0.25, 0.3) is 0 Å². The fourth-order valence-electron chi connectivity index (χ4n) is 3.19. The Balaban J connectivity index is 1.56. The van der Waals surface area contributed by atoms with Crippen LogP contribution in [0.2, 0.25) is 0 Å². The molecule has 2 aliphatic rings. The molecule has 2 saturated heterocycles. The number of ether oxygens (including phenoxy) is 1. The third kappa shape index (κ3) is 2.86. The van der Waals surface area contributed by atoms with Crippen LogP contribution >= 0.6 is 0 Å². The lowest BCUT2D eigenvalue weighted by molar-refractivity contribution is -0.128. The first-order valence-electron chi connectivity index (χ1n) is 7.45. The fraction of sp³-hybridized carbons (Fsp3) is 0.562. The van der Waals surface area contributed by atoms with Gasteiger partial charge in [-0.3, -0.25) is 9.69 Å². The van der Waals surface area contributed by atoms with Crippen LogP contribution in [0.3, 0.4) is 0 Å². The Kier molecular flexibility index (Phi) is 4.03. The van der Waals surface area contributed by atoms with E-state index in [9.17, 15) is 4.79 Å². The smallest absolute Gasteiger partial charge is 0.226 e. The molecule has 0 spiro atoms. The average molecular weight is 274 g/mol. The average Bonchev–Trinajstić information content (AvgIpc) is 2.80. The molecule has 0 unspecified atom stereocenters. The number of amides is 1. The monoisotopic (exact) mass is 274 g/mol. The molecule has 2 bridgehead atoms. The predicted octanol–water partition coefficient (Wildman–Crippen LogP) is 1.41. The lowest BCUT2D eigenvalue weighted by Gasteiger charge is -2.31. The first-order chi connectivity index (χ1) is 9.76. The molecule has 2 heterocycles. The Labute approximate surface area is 120 Å². The van der Waals surface area contributed by atoms with E-state index in [1.54, 1.807) is 0 Å². The Bertz CT molecular complexity index is 463. The molecule has 0 aromatic heterocycles. The second kappa shape index (κ2) is 5.94. The summed E-state index contributed by atoms with van der Waals surface area (Å²) in [7, 11) is 0. The van der Waals surface area contributed by atoms with Crippen LogP contribution in [0.1, 0.15) is 18.9 Å². The molecule has 108 valence electrons. The molecule has 20 heavy (non-hydrogen) atoms. The van der Waals surface area contributed by atoms with Gasteiger partial charge in [0.05, 0.1) is 18.1 Å². The van der Waals surface area contributed by atoms with Crippen molar-refractivity contribution in [3.05, 3.63) is 35.9 Å². The number of nitrogens with zero attached hydrogens (tertiary/aromatic N) is 1. The summed E-state index contributed by atoms with van der Waals surface area (Å²) in [6.45, 7) is 5.65. The van der Waals surface area contributed by atoms with Crippen molar-refractivity contribution >= 4 is 5.91 Å². The first kappa shape index (κ1) is 13.6. The zero-order valence-corrected chi connectivity index (χ0v) is 11.9. The summed E-state index contributed by atoms with van der Waals surface area (Å²) in [4.78, 5) is 14.7. The highest BCUT2D eigenvalue weighted by molar-refractivity contribution is 5.79. The van der Waals surface area contributed by atoms with E-state index in [4.69, 9.17) is 4.74 Å². The normalized spacial score (nSPS) is 29.4. The second-order valence-corrected chi connectivity index (χ2v) is 5.69. The number of morpholine rings is 1. The molecular formula is C16H22N2O2. The highest BCUT2D eigenvalue weighted by atomic mass is 16.5. The van der Waals surface area contributed by atoms with E-state index in [-0.39, 0.29) is 24.0 Å². The number of carbonyl (C=O) groups excluding carboxylic acids is 1. The number of hydrogen-bond donors (Lipinski definition) is 1. The van der Waals surface area contributed by atoms with Gasteiger partial charge in [0.25, 0.3) is 0 Å². The van der Waals surface area contributed by atoms with Gasteiger partial charge in [-0.2, -0.15) is 0 Å². The summed E-state index contributed by atoms with van der Waals surface area (Å²) in [5, 5.41) is 3.05. The molecule has 3 atom stereocenters. The number of benzene rings is 1. The van der Waals surface area contributed by atoms with E-state index in [1.165, 1.54) is 0 Å². The third-order valence-corrected chi connectivity index (χ3v) is 4.33. The van der Waals surface area contributed by atoms with E-state index in [0.29, 0.717) is 6.54 Å². The number of fused-ring (bicyclic) bond motifs is 2. The van der Waals surface area contributed by atoms with Gasteiger partial charge < -0.3 is 10.1 Å². The standard InChI is InChI=1S/C16H22N2O2/c1-2-18-10-13-8-14(15(11-18)20-13)16(19)17-9-12-6-4-3-5-7-12/h3-7,13-15H,2,8-11H2,1H3,(H,17,19)/t13-,14+,15-/m0/s1. The molecule has 3 rings (SSSR count). The zero-order valence-electron chi connectivity index (χ0n) is 11.9. The van der Waals surface area contributed by atoms with Gasteiger partial charge in [0, 0.05) is 19.6 Å². The zero-order chi connectivity index (χ0) is 13.9. The van der Waals surface area contributed by atoms with Crippen molar-refractivity contribution in [3.63, 3.8) is 0 Å². The maximum Gasteiger partial charge on any atom is 0.226 e. The molecule has 1 aromatic carbocycles. The van der Waals surface area contributed by atoms with Crippen molar-refractivity contribution in [1.82, 2.24) is 10.2 Å². The quantitative estimate of drug-likeness (QED) is 0.902. The molecule has 4 nitrogen and oxygen atoms in total. The molecule has 1 amide bonds. The molecule has 0 radical (unpaired) electrons. The number of hydrogen-bond acceptors (Lipinski definition) is 3. The molecule has 0 saturated carbocycles. The number of carbonyl (C=O) groups is 1. The highest BCUT2D eigenvalue weighted by Gasteiger charge is 2.44. The summed E-state index contributed by atoms with van der Waals surface area (Å²) < 4.78 is 5.91. The number of nitrogens with one attached hydrogen (secondary N) is 1. The molecule has 1 N–H and O–H groups in total. The van der Waals surface area contributed by atoms with Gasteiger partial charge in [-0.05, 0) is 18.5 Å². The van der Waals surface area contributed by atoms with Gasteiger partial charge in [0.15, 0.2) is 0 Å². The number of likely N-dealkylation sites (tertiary alicyclic amines) is 1. The van der Waals surface area contributed by atoms with Crippen molar-refractivity contribution in [3.8, 4) is 0 Å². The van der Waals surface area contributed by atoms with E-state index >= 15 is 0 Å². The lowest BCUT2D eigenvalue weighted by Crippen LogP contribution is -2.45. The van der Waals surface area contributed by atoms with Crippen LogP contribution in [-0.4, -0.2) is 42.6 Å². The Hall–Kier alpha value is -1.39. The van der Waals surface area contributed by atoms with Gasteiger partial charge in [0.1, 0.15) is 0 Å². The largest absolute Gasteiger partial charge is 0.371 e. The van der Waals surface area contributed by atoms with Gasteiger partial charge in [-0.25, -0.2) is 0 Å². The van der Waals surface area contributed by atoms with E-state index < -0.39 is 0 Å². The molecule has 2 aliphatic heterocycles. The van der Waals surface area contributed by atoms with Crippen LogP contribution in [0, 0.1) is 5.92 Å². The Morgan fingerprint density at radius 2 is 2.15 bits per heavy atom. The maximum atomic E-state index is 12.3. The van der Waals surface area contributed by atoms with Crippen LogP contribution in [0.15, 0.2) is 30.3 Å². The van der Waals surface area contributed by atoms with Crippen molar-refractivity contribution in [2.75, 3.05) is 19.6 Å². The summed E-state index contributed by atoms with van der Waals surface area (Å²) in [5.74, 6) is 0.152. The van der Waals surface area contributed by atoms with Gasteiger partial charge in [-0.1, -0.05) is 37.3 Å². The Morgan fingerprint density at radius 1 is 1.35 bits per heavy atom. The van der Waals surface area contributed by atoms with Crippen molar-refractivity contribution in [1.29, 1.82) is 0 Å². The van der Waals surface area contributed by atoms with Crippen molar-refractivity contribution < 1.29 is 9.53 Å².